The van der Waals surface area contributed by atoms with Gasteiger partial charge in [-0.1, -0.05) is 20.8 Å². The van der Waals surface area contributed by atoms with Gasteiger partial charge in [-0.25, -0.2) is 9.97 Å². The second-order valence-corrected chi connectivity index (χ2v) is 5.65. The molecule has 1 aliphatic heterocycles. The van der Waals surface area contributed by atoms with Crippen molar-refractivity contribution in [3.05, 3.63) is 11.4 Å². The Morgan fingerprint density at radius 3 is 2.47 bits per heavy atom. The van der Waals surface area contributed by atoms with Crippen LogP contribution in [0.3, 0.4) is 0 Å². The minimum Gasteiger partial charge on any atom is -0.370 e. The maximum absolute atomic E-state index is 4.80. The Hall–Kier alpha value is -1.32. The number of nitrogens with zero attached hydrogens (tertiary/aromatic N) is 3. The van der Waals surface area contributed by atoms with E-state index in [4.69, 9.17) is 9.97 Å². The van der Waals surface area contributed by atoms with Gasteiger partial charge in [-0.15, -0.1) is 0 Å². The average molecular weight is 262 g/mol. The molecule has 1 fully saturated rings. The molecule has 1 aromatic rings. The summed E-state index contributed by atoms with van der Waals surface area (Å²) in [6, 6.07) is 0. The van der Waals surface area contributed by atoms with Gasteiger partial charge in [-0.3, -0.25) is 0 Å². The molecule has 0 radical (unpaired) electrons. The third kappa shape index (κ3) is 3.17. The fourth-order valence-corrected chi connectivity index (χ4v) is 2.43. The first-order chi connectivity index (χ1) is 9.13. The molecule has 0 unspecified atom stereocenters. The minimum absolute atomic E-state index is 0.365. The summed E-state index contributed by atoms with van der Waals surface area (Å²) in [7, 11) is 0. The Morgan fingerprint density at radius 2 is 1.89 bits per heavy atom. The molecule has 1 saturated heterocycles. The first-order valence-electron chi connectivity index (χ1n) is 7.50. The van der Waals surface area contributed by atoms with E-state index in [9.17, 15) is 0 Å². The van der Waals surface area contributed by atoms with Crippen LogP contribution in [0.15, 0.2) is 0 Å². The summed E-state index contributed by atoms with van der Waals surface area (Å²) >= 11 is 0. The molecule has 106 valence electrons. The van der Waals surface area contributed by atoms with Crippen molar-refractivity contribution in [1.82, 2.24) is 9.97 Å². The lowest BCUT2D eigenvalue weighted by Crippen LogP contribution is -2.22. The first-order valence-corrected chi connectivity index (χ1v) is 7.50. The van der Waals surface area contributed by atoms with E-state index >= 15 is 0 Å². The molecule has 0 saturated carbocycles. The fraction of sp³-hybridized carbons (Fsp3) is 0.733. The molecule has 0 atom stereocenters. The molecule has 0 spiro atoms. The second-order valence-electron chi connectivity index (χ2n) is 5.65. The van der Waals surface area contributed by atoms with E-state index in [1.54, 1.807) is 0 Å². The lowest BCUT2D eigenvalue weighted by molar-refractivity contribution is 0.760. The maximum atomic E-state index is 4.80. The summed E-state index contributed by atoms with van der Waals surface area (Å²) in [5.74, 6) is 3.47. The predicted octanol–water partition coefficient (Wildman–Crippen LogP) is 3.33. The van der Waals surface area contributed by atoms with E-state index in [2.05, 4.69) is 37.9 Å². The number of anilines is 2. The van der Waals surface area contributed by atoms with Crippen LogP contribution in [0.4, 0.5) is 11.6 Å². The van der Waals surface area contributed by atoms with Gasteiger partial charge in [0.1, 0.15) is 17.5 Å². The molecule has 4 heteroatoms. The van der Waals surface area contributed by atoms with Gasteiger partial charge in [0.2, 0.25) is 0 Å². The predicted molar refractivity (Wildman–Crippen MR) is 81.1 cm³/mol. The maximum Gasteiger partial charge on any atom is 0.137 e. The molecule has 19 heavy (non-hydrogen) atoms. The molecule has 1 N–H and O–H groups in total. The van der Waals surface area contributed by atoms with Crippen LogP contribution in [-0.2, 0) is 0 Å². The molecule has 0 aromatic carbocycles. The first kappa shape index (κ1) is 14.1. The minimum atomic E-state index is 0.365. The summed E-state index contributed by atoms with van der Waals surface area (Å²) in [6.45, 7) is 11.8. The van der Waals surface area contributed by atoms with Crippen LogP contribution in [0.1, 0.15) is 57.3 Å². The highest BCUT2D eigenvalue weighted by Gasteiger charge is 2.20. The van der Waals surface area contributed by atoms with Gasteiger partial charge in [0.25, 0.3) is 0 Å². The van der Waals surface area contributed by atoms with Crippen molar-refractivity contribution in [3.63, 3.8) is 0 Å². The Balaban J connectivity index is 2.36. The Bertz CT molecular complexity index is 422. The van der Waals surface area contributed by atoms with Crippen molar-refractivity contribution in [1.29, 1.82) is 0 Å². The lowest BCUT2D eigenvalue weighted by Gasteiger charge is -2.22. The van der Waals surface area contributed by atoms with Gasteiger partial charge in [-0.05, 0) is 26.2 Å². The average Bonchev–Trinajstić information content (AvgIpc) is 2.91. The standard InChI is InChI=1S/C15H26N4/c1-5-8-16-14-12(4)15(19-9-6-7-10-19)18-13(17-14)11(2)3/h11H,5-10H2,1-4H3,(H,16,17,18). The van der Waals surface area contributed by atoms with Crippen LogP contribution < -0.4 is 10.2 Å². The second kappa shape index (κ2) is 6.22. The van der Waals surface area contributed by atoms with E-state index < -0.39 is 0 Å². The molecule has 0 bridgehead atoms. The van der Waals surface area contributed by atoms with Crippen LogP contribution in [0.5, 0.6) is 0 Å². The largest absolute Gasteiger partial charge is 0.370 e. The van der Waals surface area contributed by atoms with Crippen LogP contribution in [0.25, 0.3) is 0 Å². The van der Waals surface area contributed by atoms with Crippen LogP contribution in [0, 0.1) is 6.92 Å². The van der Waals surface area contributed by atoms with Crippen molar-refractivity contribution >= 4 is 11.6 Å². The quantitative estimate of drug-likeness (QED) is 0.883. The Kier molecular flexibility index (Phi) is 4.61. The van der Waals surface area contributed by atoms with Gasteiger partial charge < -0.3 is 10.2 Å². The Morgan fingerprint density at radius 1 is 1.21 bits per heavy atom. The molecular weight excluding hydrogens is 236 g/mol. The van der Waals surface area contributed by atoms with E-state index in [1.807, 2.05) is 0 Å². The molecule has 1 aromatic heterocycles. The molecule has 0 amide bonds. The molecule has 1 aliphatic rings. The van der Waals surface area contributed by atoms with Crippen molar-refractivity contribution in [2.24, 2.45) is 0 Å². The molecule has 2 rings (SSSR count). The van der Waals surface area contributed by atoms with E-state index in [1.165, 1.54) is 18.4 Å². The zero-order chi connectivity index (χ0) is 13.8. The third-order valence-corrected chi connectivity index (χ3v) is 3.60. The smallest absolute Gasteiger partial charge is 0.137 e. The molecule has 0 aliphatic carbocycles. The van der Waals surface area contributed by atoms with E-state index in [0.717, 1.165) is 43.5 Å². The van der Waals surface area contributed by atoms with Crippen LogP contribution >= 0.6 is 0 Å². The highest BCUT2D eigenvalue weighted by molar-refractivity contribution is 5.59. The number of rotatable bonds is 5. The van der Waals surface area contributed by atoms with Gasteiger partial charge in [-0.2, -0.15) is 0 Å². The number of nitrogens with one attached hydrogen (secondary N) is 1. The number of aromatic nitrogens is 2. The van der Waals surface area contributed by atoms with Gasteiger partial charge in [0.05, 0.1) is 0 Å². The highest BCUT2D eigenvalue weighted by Crippen LogP contribution is 2.28. The Labute approximate surface area is 116 Å². The third-order valence-electron chi connectivity index (χ3n) is 3.60. The topological polar surface area (TPSA) is 41.1 Å². The molecule has 4 nitrogen and oxygen atoms in total. The summed E-state index contributed by atoms with van der Waals surface area (Å²) < 4.78 is 0. The van der Waals surface area contributed by atoms with E-state index in [-0.39, 0.29) is 0 Å². The normalized spacial score (nSPS) is 15.3. The lowest BCUT2D eigenvalue weighted by atomic mass is 10.2. The SMILES string of the molecule is CCCNc1nc(C(C)C)nc(N2CCCC2)c1C. The van der Waals surface area contributed by atoms with Gasteiger partial charge >= 0.3 is 0 Å². The van der Waals surface area contributed by atoms with Gasteiger partial charge in [0.15, 0.2) is 0 Å². The summed E-state index contributed by atoms with van der Waals surface area (Å²) in [4.78, 5) is 11.9. The zero-order valence-electron chi connectivity index (χ0n) is 12.7. The van der Waals surface area contributed by atoms with Crippen molar-refractivity contribution in [2.45, 2.75) is 52.9 Å². The van der Waals surface area contributed by atoms with E-state index in [0.29, 0.717) is 5.92 Å². The summed E-state index contributed by atoms with van der Waals surface area (Å²) in [5, 5.41) is 3.44. The fourth-order valence-electron chi connectivity index (χ4n) is 2.43. The van der Waals surface area contributed by atoms with Crippen molar-refractivity contribution < 1.29 is 0 Å². The van der Waals surface area contributed by atoms with Crippen LogP contribution in [-0.4, -0.2) is 29.6 Å². The summed E-state index contributed by atoms with van der Waals surface area (Å²) in [5.41, 5.74) is 1.19. The number of hydrogen-bond donors (Lipinski definition) is 1. The monoisotopic (exact) mass is 262 g/mol. The number of hydrogen-bond acceptors (Lipinski definition) is 4. The van der Waals surface area contributed by atoms with Crippen LogP contribution in [0.2, 0.25) is 0 Å². The van der Waals surface area contributed by atoms with Gasteiger partial charge in [0, 0.05) is 31.1 Å². The highest BCUT2D eigenvalue weighted by atomic mass is 15.2. The summed E-state index contributed by atoms with van der Waals surface area (Å²) in [6.07, 6.45) is 3.66. The zero-order valence-corrected chi connectivity index (χ0v) is 12.7. The molecular formula is C15H26N4. The van der Waals surface area contributed by atoms with Crippen molar-refractivity contribution in [3.8, 4) is 0 Å². The molecule has 2 heterocycles. The van der Waals surface area contributed by atoms with Crippen molar-refractivity contribution in [2.75, 3.05) is 29.9 Å².